The first-order valence-corrected chi connectivity index (χ1v) is 24.6. The number of nitrogens with zero attached hydrogens (tertiary/aromatic N) is 3. The fourth-order valence-electron chi connectivity index (χ4n) is 14.1. The molecule has 16 aromatic rings. The Morgan fingerprint density at radius 1 is 0.257 bits per heavy atom. The fraction of sp³-hybridized carbons (Fsp3) is 0. The summed E-state index contributed by atoms with van der Waals surface area (Å²) in [4.78, 5) is 0. The molecule has 0 spiro atoms. The van der Waals surface area contributed by atoms with E-state index in [2.05, 4.69) is 232 Å². The lowest BCUT2D eigenvalue weighted by molar-refractivity contribution is 1.08. The second-order valence-corrected chi connectivity index (χ2v) is 19.8. The maximum Gasteiger partial charge on any atom is 0.252 e. The standard InChI is InChI=1S/C66H36BN3/c1-7-19-43-37(13-1)25-29-51-57(43)58-44-20-8-2-14-38(44)26-30-52(58)68(51)56-34-33-55-63-66(56)70-54-32-28-40-16-4-10-22-46(40)60(54)62-48-24-12-6-18-42(48)36-50(65(62)70)67(63)49-35-41-17-5-11-23-47(41)61-59-45-21-9-3-15-39(45)27-31-53(59)69(55)64(49)61/h1-36H. The lowest BCUT2D eigenvalue weighted by atomic mass is 9.34. The first-order valence-electron chi connectivity index (χ1n) is 24.6. The predicted octanol–water partition coefficient (Wildman–Crippen LogP) is 15.0. The van der Waals surface area contributed by atoms with Crippen molar-refractivity contribution in [3.05, 3.63) is 218 Å². The number of hydrogen-bond donors (Lipinski definition) is 0. The van der Waals surface area contributed by atoms with Crippen LogP contribution in [0.3, 0.4) is 0 Å². The van der Waals surface area contributed by atoms with Crippen LogP contribution in [0, 0.1) is 0 Å². The molecule has 3 nitrogen and oxygen atoms in total. The van der Waals surface area contributed by atoms with Crippen LogP contribution >= 0.6 is 0 Å². The SMILES string of the molecule is c1ccc2c(c1)ccc1c2c2c3ccccc3ccc2n1-c1ccc2c3c1-n1c4ccc5ccccc5c4c4c5ccccc5cc(c41)B3c1cc3ccccc3c3c4c5ccccc5ccc4n-2c13. The second kappa shape index (κ2) is 12.5. The van der Waals surface area contributed by atoms with Gasteiger partial charge in [0.1, 0.15) is 0 Å². The van der Waals surface area contributed by atoms with E-state index in [9.17, 15) is 0 Å². The van der Waals surface area contributed by atoms with Crippen molar-refractivity contribution in [2.24, 2.45) is 0 Å². The van der Waals surface area contributed by atoms with Gasteiger partial charge in [-0.05, 0) is 117 Å². The van der Waals surface area contributed by atoms with Gasteiger partial charge in [0.15, 0.2) is 0 Å². The molecule has 18 rings (SSSR count). The van der Waals surface area contributed by atoms with Gasteiger partial charge in [0.25, 0.3) is 6.71 Å². The molecule has 2 aliphatic rings. The third kappa shape index (κ3) is 4.16. The molecule has 0 unspecified atom stereocenters. The average molecular weight is 882 g/mol. The first kappa shape index (κ1) is 36.0. The number of fused-ring (bicyclic) bond motifs is 25. The summed E-state index contributed by atoms with van der Waals surface area (Å²) < 4.78 is 7.97. The van der Waals surface area contributed by atoms with Crippen LogP contribution in [0.15, 0.2) is 218 Å². The molecule has 3 aromatic heterocycles. The van der Waals surface area contributed by atoms with Crippen molar-refractivity contribution in [2.75, 3.05) is 0 Å². The van der Waals surface area contributed by atoms with E-state index in [-0.39, 0.29) is 6.71 Å². The smallest absolute Gasteiger partial charge is 0.252 e. The Morgan fingerprint density at radius 2 is 0.586 bits per heavy atom. The van der Waals surface area contributed by atoms with E-state index in [1.165, 1.54) is 164 Å². The van der Waals surface area contributed by atoms with Crippen LogP contribution in [0.1, 0.15) is 0 Å². The first-order chi connectivity index (χ1) is 34.8. The molecule has 0 atom stereocenters. The molecule has 5 heterocycles. The topological polar surface area (TPSA) is 14.8 Å². The Morgan fingerprint density at radius 3 is 1.03 bits per heavy atom. The van der Waals surface area contributed by atoms with Crippen molar-refractivity contribution in [1.82, 2.24) is 13.7 Å². The maximum atomic E-state index is 2.70. The molecule has 0 amide bonds. The van der Waals surface area contributed by atoms with Gasteiger partial charge in [-0.3, -0.25) is 0 Å². The molecular weight excluding hydrogens is 846 g/mol. The Balaban J connectivity index is 1.12. The minimum absolute atomic E-state index is 0.0648. The van der Waals surface area contributed by atoms with E-state index in [1.807, 2.05) is 0 Å². The Labute approximate surface area is 400 Å². The van der Waals surface area contributed by atoms with Gasteiger partial charge in [0.05, 0.1) is 44.5 Å². The Hall–Kier alpha value is -9.12. The molecule has 0 fully saturated rings. The average Bonchev–Trinajstić information content (AvgIpc) is 4.09. The van der Waals surface area contributed by atoms with Crippen LogP contribution in [0.4, 0.5) is 0 Å². The molecular formula is C66H36BN3. The molecule has 0 bridgehead atoms. The summed E-state index contributed by atoms with van der Waals surface area (Å²) >= 11 is 0. The maximum absolute atomic E-state index is 2.70. The third-order valence-electron chi connectivity index (χ3n) is 16.7. The predicted molar refractivity (Wildman–Crippen MR) is 299 cm³/mol. The van der Waals surface area contributed by atoms with Gasteiger partial charge in [-0.25, -0.2) is 0 Å². The molecule has 0 saturated carbocycles. The van der Waals surface area contributed by atoms with Crippen LogP contribution in [-0.4, -0.2) is 20.4 Å². The van der Waals surface area contributed by atoms with Gasteiger partial charge in [-0.1, -0.05) is 182 Å². The summed E-state index contributed by atoms with van der Waals surface area (Å²) in [6.45, 7) is -0.0648. The highest BCUT2D eigenvalue weighted by atomic mass is 15.1. The second-order valence-electron chi connectivity index (χ2n) is 19.8. The highest BCUT2D eigenvalue weighted by Gasteiger charge is 2.43. The quantitative estimate of drug-likeness (QED) is 0.146. The number of benzene rings is 13. The minimum atomic E-state index is -0.0648. The van der Waals surface area contributed by atoms with Crippen molar-refractivity contribution < 1.29 is 0 Å². The van der Waals surface area contributed by atoms with E-state index in [1.54, 1.807) is 0 Å². The van der Waals surface area contributed by atoms with Gasteiger partial charge >= 0.3 is 0 Å². The van der Waals surface area contributed by atoms with E-state index in [0.29, 0.717) is 0 Å². The lowest BCUT2D eigenvalue weighted by Gasteiger charge is -2.35. The summed E-state index contributed by atoms with van der Waals surface area (Å²) in [6.07, 6.45) is 0. The molecule has 0 N–H and O–H groups in total. The van der Waals surface area contributed by atoms with Crippen LogP contribution in [-0.2, 0) is 0 Å². The molecule has 2 aliphatic heterocycles. The van der Waals surface area contributed by atoms with Crippen LogP contribution in [0.25, 0.3) is 147 Å². The van der Waals surface area contributed by atoms with Crippen LogP contribution in [0.5, 0.6) is 0 Å². The molecule has 70 heavy (non-hydrogen) atoms. The van der Waals surface area contributed by atoms with E-state index >= 15 is 0 Å². The van der Waals surface area contributed by atoms with Crippen molar-refractivity contribution in [3.63, 3.8) is 0 Å². The summed E-state index contributed by atoms with van der Waals surface area (Å²) in [7, 11) is 0. The number of aromatic nitrogens is 3. The molecule has 318 valence electrons. The fourth-order valence-corrected chi connectivity index (χ4v) is 14.1. The van der Waals surface area contributed by atoms with E-state index in [0.717, 1.165) is 0 Å². The minimum Gasteiger partial charge on any atom is -0.310 e. The molecule has 0 radical (unpaired) electrons. The molecule has 0 saturated heterocycles. The molecule has 13 aromatic carbocycles. The van der Waals surface area contributed by atoms with Gasteiger partial charge in [-0.2, -0.15) is 0 Å². The van der Waals surface area contributed by atoms with Gasteiger partial charge in [-0.15, -0.1) is 0 Å². The van der Waals surface area contributed by atoms with Crippen molar-refractivity contribution >= 4 is 153 Å². The van der Waals surface area contributed by atoms with E-state index in [4.69, 9.17) is 0 Å². The highest BCUT2D eigenvalue weighted by Crippen LogP contribution is 2.48. The largest absolute Gasteiger partial charge is 0.310 e. The van der Waals surface area contributed by atoms with Crippen molar-refractivity contribution in [1.29, 1.82) is 0 Å². The normalized spacial score (nSPS) is 13.1. The van der Waals surface area contributed by atoms with Crippen LogP contribution < -0.4 is 16.4 Å². The summed E-state index contributed by atoms with van der Waals surface area (Å²) in [6, 6.07) is 83.0. The summed E-state index contributed by atoms with van der Waals surface area (Å²) in [5.41, 5.74) is 15.2. The lowest BCUT2D eigenvalue weighted by Crippen LogP contribution is -2.59. The third-order valence-corrected chi connectivity index (χ3v) is 16.7. The summed E-state index contributed by atoms with van der Waals surface area (Å²) in [5, 5.41) is 23.2. The zero-order valence-electron chi connectivity index (χ0n) is 37.7. The summed E-state index contributed by atoms with van der Waals surface area (Å²) in [5.74, 6) is 0. The Bertz CT molecular complexity index is 5050. The zero-order chi connectivity index (χ0) is 45.1. The van der Waals surface area contributed by atoms with Crippen LogP contribution in [0.2, 0.25) is 0 Å². The molecule has 4 heteroatoms. The van der Waals surface area contributed by atoms with Gasteiger partial charge in [0, 0.05) is 38.0 Å². The van der Waals surface area contributed by atoms with Gasteiger partial charge < -0.3 is 13.7 Å². The monoisotopic (exact) mass is 881 g/mol. The van der Waals surface area contributed by atoms with Crippen molar-refractivity contribution in [2.45, 2.75) is 0 Å². The van der Waals surface area contributed by atoms with E-state index < -0.39 is 0 Å². The molecule has 0 aliphatic carbocycles. The number of rotatable bonds is 1. The zero-order valence-corrected chi connectivity index (χ0v) is 37.7. The number of hydrogen-bond acceptors (Lipinski definition) is 0. The highest BCUT2D eigenvalue weighted by molar-refractivity contribution is 7.01. The van der Waals surface area contributed by atoms with Crippen molar-refractivity contribution in [3.8, 4) is 17.1 Å². The van der Waals surface area contributed by atoms with Gasteiger partial charge in [0.2, 0.25) is 0 Å². The Kier molecular flexibility index (Phi) is 6.43.